The lowest BCUT2D eigenvalue weighted by molar-refractivity contribution is -0.0135. The minimum Gasteiger partial charge on any atom is -0.386 e. The Morgan fingerprint density at radius 2 is 2.22 bits per heavy atom. The van der Waals surface area contributed by atoms with E-state index >= 15 is 0 Å². The van der Waals surface area contributed by atoms with Gasteiger partial charge in [-0.2, -0.15) is 5.10 Å². The third kappa shape index (κ3) is 2.31. The second kappa shape index (κ2) is 5.41. The van der Waals surface area contributed by atoms with Crippen LogP contribution in [0.1, 0.15) is 51.3 Å². The van der Waals surface area contributed by atoms with Crippen LogP contribution in [0.2, 0.25) is 0 Å². The smallest absolute Gasteiger partial charge is 0.102 e. The maximum Gasteiger partial charge on any atom is 0.102 e. The fraction of sp³-hybridized carbons (Fsp3) is 0.786. The Kier molecular flexibility index (Phi) is 4.07. The van der Waals surface area contributed by atoms with Crippen molar-refractivity contribution in [1.82, 2.24) is 9.78 Å². The third-order valence-electron chi connectivity index (χ3n) is 4.59. The van der Waals surface area contributed by atoms with Gasteiger partial charge in [-0.05, 0) is 31.7 Å². The summed E-state index contributed by atoms with van der Waals surface area (Å²) >= 11 is 0. The van der Waals surface area contributed by atoms with Gasteiger partial charge in [-0.15, -0.1) is 0 Å². The summed E-state index contributed by atoms with van der Waals surface area (Å²) in [4.78, 5) is 0. The monoisotopic (exact) mass is 251 g/mol. The molecule has 1 fully saturated rings. The lowest BCUT2D eigenvalue weighted by Gasteiger charge is -2.42. The maximum atomic E-state index is 10.7. The molecule has 18 heavy (non-hydrogen) atoms. The Morgan fingerprint density at radius 3 is 2.78 bits per heavy atom. The zero-order valence-corrected chi connectivity index (χ0v) is 11.5. The van der Waals surface area contributed by atoms with Gasteiger partial charge >= 0.3 is 0 Å². The normalized spacial score (nSPS) is 30.3. The molecule has 1 heterocycles. The molecule has 1 saturated carbocycles. The Labute approximate surface area is 109 Å². The minimum atomic E-state index is -0.488. The summed E-state index contributed by atoms with van der Waals surface area (Å²) in [6, 6.07) is 1.92. The number of aromatic nitrogens is 2. The largest absolute Gasteiger partial charge is 0.386 e. The number of hydrogen-bond donors (Lipinski definition) is 2. The number of aryl methyl sites for hydroxylation is 1. The molecule has 0 bridgehead atoms. The van der Waals surface area contributed by atoms with Gasteiger partial charge < -0.3 is 10.8 Å². The Bertz CT molecular complexity index is 380. The van der Waals surface area contributed by atoms with Crippen molar-refractivity contribution in [3.8, 4) is 0 Å². The lowest BCUT2D eigenvalue weighted by Crippen LogP contribution is -2.40. The predicted molar refractivity (Wildman–Crippen MR) is 72.0 cm³/mol. The van der Waals surface area contributed by atoms with Crippen LogP contribution in [-0.2, 0) is 6.54 Å². The molecule has 4 nitrogen and oxygen atoms in total. The van der Waals surface area contributed by atoms with E-state index in [1.165, 1.54) is 0 Å². The molecule has 102 valence electrons. The van der Waals surface area contributed by atoms with Crippen molar-refractivity contribution in [2.24, 2.45) is 17.1 Å². The first-order valence-corrected chi connectivity index (χ1v) is 7.03. The molecule has 0 radical (unpaired) electrons. The predicted octanol–water partition coefficient (Wildman–Crippen LogP) is 2.09. The molecule has 2 rings (SSSR count). The van der Waals surface area contributed by atoms with Crippen LogP contribution in [0.25, 0.3) is 0 Å². The first kappa shape index (κ1) is 13.6. The standard InChI is InChI=1S/C14H25N3O/c1-3-17-12(6-9-16-17)13(18)14(10-15)7-4-11(2)5-8-14/h6,9,11,13,18H,3-5,7-8,10,15H2,1-2H3. The van der Waals surface area contributed by atoms with Gasteiger partial charge in [0, 0.05) is 24.7 Å². The molecule has 4 heteroatoms. The highest BCUT2D eigenvalue weighted by molar-refractivity contribution is 5.10. The van der Waals surface area contributed by atoms with Crippen molar-refractivity contribution in [2.45, 2.75) is 52.2 Å². The molecule has 0 aromatic carbocycles. The van der Waals surface area contributed by atoms with Crippen molar-refractivity contribution < 1.29 is 5.11 Å². The average Bonchev–Trinajstić information content (AvgIpc) is 2.87. The third-order valence-corrected chi connectivity index (χ3v) is 4.59. The van der Waals surface area contributed by atoms with Gasteiger partial charge in [0.25, 0.3) is 0 Å². The van der Waals surface area contributed by atoms with Crippen LogP contribution in [-0.4, -0.2) is 21.4 Å². The van der Waals surface area contributed by atoms with Crippen LogP contribution >= 0.6 is 0 Å². The minimum absolute atomic E-state index is 0.153. The van der Waals surface area contributed by atoms with Gasteiger partial charge in [-0.25, -0.2) is 0 Å². The second-order valence-electron chi connectivity index (χ2n) is 5.72. The van der Waals surface area contributed by atoms with E-state index in [0.717, 1.165) is 43.8 Å². The number of nitrogens with two attached hydrogens (primary N) is 1. The molecule has 1 atom stereocenters. The van der Waals surface area contributed by atoms with Crippen LogP contribution in [0, 0.1) is 11.3 Å². The number of aliphatic hydroxyl groups excluding tert-OH is 1. The molecule has 0 amide bonds. The summed E-state index contributed by atoms with van der Waals surface area (Å²) in [5, 5.41) is 15.0. The Hall–Kier alpha value is -0.870. The zero-order chi connectivity index (χ0) is 13.2. The summed E-state index contributed by atoms with van der Waals surface area (Å²) in [6.45, 7) is 5.66. The zero-order valence-electron chi connectivity index (χ0n) is 11.5. The van der Waals surface area contributed by atoms with E-state index in [9.17, 15) is 5.11 Å². The Balaban J connectivity index is 2.22. The summed E-state index contributed by atoms with van der Waals surface area (Å²) in [6.07, 6.45) is 5.62. The van der Waals surface area contributed by atoms with Gasteiger partial charge in [0.2, 0.25) is 0 Å². The highest BCUT2D eigenvalue weighted by Crippen LogP contribution is 2.46. The van der Waals surface area contributed by atoms with Crippen LogP contribution in [0.3, 0.4) is 0 Å². The van der Waals surface area contributed by atoms with E-state index < -0.39 is 6.10 Å². The first-order chi connectivity index (χ1) is 8.63. The molecule has 1 aromatic heterocycles. The fourth-order valence-corrected chi connectivity index (χ4v) is 3.08. The highest BCUT2D eigenvalue weighted by Gasteiger charge is 2.41. The van der Waals surface area contributed by atoms with Crippen molar-refractivity contribution >= 4 is 0 Å². The summed E-state index contributed by atoms with van der Waals surface area (Å²) in [5.74, 6) is 0.757. The van der Waals surface area contributed by atoms with E-state index in [4.69, 9.17) is 5.73 Å². The number of rotatable bonds is 4. The van der Waals surface area contributed by atoms with Crippen LogP contribution in [0.4, 0.5) is 0 Å². The molecular formula is C14H25N3O. The summed E-state index contributed by atoms with van der Waals surface area (Å²) in [5.41, 5.74) is 6.75. The maximum absolute atomic E-state index is 10.7. The highest BCUT2D eigenvalue weighted by atomic mass is 16.3. The molecule has 0 spiro atoms. The summed E-state index contributed by atoms with van der Waals surface area (Å²) in [7, 11) is 0. The molecule has 0 saturated heterocycles. The van der Waals surface area contributed by atoms with Gasteiger partial charge in [0.05, 0.1) is 5.69 Å². The topological polar surface area (TPSA) is 64.1 Å². The number of nitrogens with zero attached hydrogens (tertiary/aromatic N) is 2. The van der Waals surface area contributed by atoms with E-state index in [0.29, 0.717) is 6.54 Å². The van der Waals surface area contributed by atoms with Gasteiger partial charge in [0.15, 0.2) is 0 Å². The first-order valence-electron chi connectivity index (χ1n) is 7.03. The van der Waals surface area contributed by atoms with Crippen molar-refractivity contribution in [3.63, 3.8) is 0 Å². The van der Waals surface area contributed by atoms with Crippen molar-refractivity contribution in [1.29, 1.82) is 0 Å². The van der Waals surface area contributed by atoms with E-state index in [-0.39, 0.29) is 5.41 Å². The van der Waals surface area contributed by atoms with Gasteiger partial charge in [0.1, 0.15) is 6.10 Å². The van der Waals surface area contributed by atoms with Crippen molar-refractivity contribution in [3.05, 3.63) is 18.0 Å². The van der Waals surface area contributed by atoms with Crippen molar-refractivity contribution in [2.75, 3.05) is 6.54 Å². The quantitative estimate of drug-likeness (QED) is 0.861. The molecule has 3 N–H and O–H groups in total. The molecule has 0 aliphatic heterocycles. The SMILES string of the molecule is CCn1nccc1C(O)C1(CN)CCC(C)CC1. The van der Waals surface area contributed by atoms with E-state index in [1.807, 2.05) is 17.7 Å². The average molecular weight is 251 g/mol. The van der Waals surface area contributed by atoms with Crippen LogP contribution < -0.4 is 5.73 Å². The van der Waals surface area contributed by atoms with E-state index in [2.05, 4.69) is 12.0 Å². The lowest BCUT2D eigenvalue weighted by atomic mass is 9.67. The van der Waals surface area contributed by atoms with Gasteiger partial charge in [-0.1, -0.05) is 19.8 Å². The van der Waals surface area contributed by atoms with Crippen LogP contribution in [0.5, 0.6) is 0 Å². The molecule has 1 aliphatic rings. The number of hydrogen-bond acceptors (Lipinski definition) is 3. The van der Waals surface area contributed by atoms with Gasteiger partial charge in [-0.3, -0.25) is 4.68 Å². The molecular weight excluding hydrogens is 226 g/mol. The second-order valence-corrected chi connectivity index (χ2v) is 5.72. The molecule has 1 aromatic rings. The number of aliphatic hydroxyl groups is 1. The Morgan fingerprint density at radius 1 is 1.56 bits per heavy atom. The molecule has 1 aliphatic carbocycles. The molecule has 1 unspecified atom stereocenters. The fourth-order valence-electron chi connectivity index (χ4n) is 3.08. The van der Waals surface area contributed by atoms with E-state index in [1.54, 1.807) is 6.20 Å². The van der Waals surface area contributed by atoms with Crippen LogP contribution in [0.15, 0.2) is 12.3 Å². The summed E-state index contributed by atoms with van der Waals surface area (Å²) < 4.78 is 1.88.